The second kappa shape index (κ2) is 8.92. The van der Waals surface area contributed by atoms with Gasteiger partial charge < -0.3 is 4.74 Å². The third-order valence-electron chi connectivity index (χ3n) is 3.51. The highest BCUT2D eigenvalue weighted by Crippen LogP contribution is 2.24. The Labute approximate surface area is 159 Å². The fourth-order valence-corrected chi connectivity index (χ4v) is 2.58. The number of halogens is 1. The average molecular weight is 410 g/mol. The van der Waals surface area contributed by atoms with Crippen molar-refractivity contribution in [2.75, 3.05) is 0 Å². The van der Waals surface area contributed by atoms with Gasteiger partial charge in [0, 0.05) is 16.9 Å². The third-order valence-corrected chi connectivity index (χ3v) is 4.00. The zero-order chi connectivity index (χ0) is 18.2. The molecule has 1 N–H and O–H groups in total. The molecule has 26 heavy (non-hydrogen) atoms. The predicted octanol–water partition coefficient (Wildman–Crippen LogP) is 4.19. The van der Waals surface area contributed by atoms with Crippen molar-refractivity contribution in [3.05, 3.63) is 94.2 Å². The molecular weight excluding hydrogens is 394 g/mol. The summed E-state index contributed by atoms with van der Waals surface area (Å²) in [6, 6.07) is 18.7. The summed E-state index contributed by atoms with van der Waals surface area (Å²) in [5, 5.41) is 3.98. The minimum Gasteiger partial charge on any atom is -0.488 e. The van der Waals surface area contributed by atoms with Gasteiger partial charge >= 0.3 is 0 Å². The van der Waals surface area contributed by atoms with Gasteiger partial charge in [-0.25, -0.2) is 5.43 Å². The Morgan fingerprint density at radius 2 is 1.88 bits per heavy atom. The normalized spacial score (nSPS) is 10.7. The lowest BCUT2D eigenvalue weighted by molar-refractivity contribution is 0.0950. The minimum absolute atomic E-state index is 0.348. The van der Waals surface area contributed by atoms with Gasteiger partial charge in [0.25, 0.3) is 5.91 Å². The van der Waals surface area contributed by atoms with Crippen molar-refractivity contribution in [1.29, 1.82) is 0 Å². The topological polar surface area (TPSA) is 63.6 Å². The van der Waals surface area contributed by atoms with Crippen molar-refractivity contribution in [2.45, 2.75) is 6.61 Å². The van der Waals surface area contributed by atoms with E-state index >= 15 is 0 Å². The van der Waals surface area contributed by atoms with Gasteiger partial charge in [-0.05, 0) is 41.5 Å². The minimum atomic E-state index is -0.348. The van der Waals surface area contributed by atoms with Crippen molar-refractivity contribution >= 4 is 28.1 Å². The van der Waals surface area contributed by atoms with Gasteiger partial charge in [0.2, 0.25) is 0 Å². The molecular formula is C20H16BrN3O2. The Bertz CT molecular complexity index is 899. The van der Waals surface area contributed by atoms with Gasteiger partial charge in [-0.1, -0.05) is 46.3 Å². The van der Waals surface area contributed by atoms with Gasteiger partial charge in [-0.15, -0.1) is 0 Å². The van der Waals surface area contributed by atoms with Crippen molar-refractivity contribution in [2.24, 2.45) is 5.10 Å². The maximum absolute atomic E-state index is 12.5. The van der Waals surface area contributed by atoms with Gasteiger partial charge in [0.05, 0.1) is 11.8 Å². The lowest BCUT2D eigenvalue weighted by Gasteiger charge is -2.11. The highest BCUT2D eigenvalue weighted by atomic mass is 79.9. The number of carbonyl (C=O) groups excluding carboxylic acids is 1. The molecule has 130 valence electrons. The summed E-state index contributed by atoms with van der Waals surface area (Å²) in [6.45, 7) is 0.378. The van der Waals surface area contributed by atoms with E-state index in [0.29, 0.717) is 17.9 Å². The number of benzene rings is 2. The Balaban J connectivity index is 1.70. The van der Waals surface area contributed by atoms with E-state index in [4.69, 9.17) is 4.74 Å². The predicted molar refractivity (Wildman–Crippen MR) is 104 cm³/mol. The van der Waals surface area contributed by atoms with Crippen molar-refractivity contribution < 1.29 is 9.53 Å². The standard InChI is InChI=1S/C20H16BrN3O2/c21-17-6-7-19(26-14-16-4-2-1-3-5-16)18(12-17)20(25)24-23-13-15-8-10-22-11-9-15/h1-13H,14H2,(H,24,25). The Morgan fingerprint density at radius 1 is 1.12 bits per heavy atom. The Kier molecular flexibility index (Phi) is 6.11. The van der Waals surface area contributed by atoms with E-state index in [2.05, 4.69) is 31.4 Å². The molecule has 5 nitrogen and oxygen atoms in total. The van der Waals surface area contributed by atoms with Gasteiger partial charge in [-0.3, -0.25) is 9.78 Å². The maximum Gasteiger partial charge on any atom is 0.275 e. The van der Waals surface area contributed by atoms with Crippen LogP contribution in [0.2, 0.25) is 0 Å². The second-order valence-electron chi connectivity index (χ2n) is 5.39. The first-order valence-corrected chi connectivity index (χ1v) is 8.71. The number of aromatic nitrogens is 1. The van der Waals surface area contributed by atoms with Crippen molar-refractivity contribution in [3.63, 3.8) is 0 Å². The monoisotopic (exact) mass is 409 g/mol. The molecule has 0 unspecified atom stereocenters. The molecule has 0 bridgehead atoms. The van der Waals surface area contributed by atoms with Crippen LogP contribution in [0.5, 0.6) is 5.75 Å². The van der Waals surface area contributed by atoms with E-state index in [1.165, 1.54) is 0 Å². The average Bonchev–Trinajstić information content (AvgIpc) is 2.68. The van der Waals surface area contributed by atoms with Gasteiger partial charge in [-0.2, -0.15) is 5.10 Å². The van der Waals surface area contributed by atoms with Crippen LogP contribution in [0.25, 0.3) is 0 Å². The van der Waals surface area contributed by atoms with E-state index in [-0.39, 0.29) is 5.91 Å². The number of hydrazone groups is 1. The van der Waals surface area contributed by atoms with Crippen LogP contribution in [-0.4, -0.2) is 17.1 Å². The molecule has 0 aliphatic rings. The molecule has 1 heterocycles. The van der Waals surface area contributed by atoms with Gasteiger partial charge in [0.1, 0.15) is 12.4 Å². The first kappa shape index (κ1) is 17.8. The fraction of sp³-hybridized carbons (Fsp3) is 0.0500. The summed E-state index contributed by atoms with van der Waals surface area (Å²) in [5.74, 6) is 0.147. The number of nitrogens with zero attached hydrogens (tertiary/aromatic N) is 2. The summed E-state index contributed by atoms with van der Waals surface area (Å²) < 4.78 is 6.61. The van der Waals surface area contributed by atoms with Gasteiger partial charge in [0.15, 0.2) is 0 Å². The van der Waals surface area contributed by atoms with E-state index in [9.17, 15) is 4.79 Å². The van der Waals surface area contributed by atoms with E-state index in [1.807, 2.05) is 36.4 Å². The molecule has 0 saturated heterocycles. The lowest BCUT2D eigenvalue weighted by atomic mass is 10.2. The van der Waals surface area contributed by atoms with Crippen LogP contribution in [0.1, 0.15) is 21.5 Å². The van der Waals surface area contributed by atoms with E-state index in [0.717, 1.165) is 15.6 Å². The number of ether oxygens (including phenoxy) is 1. The number of pyridine rings is 1. The zero-order valence-corrected chi connectivity index (χ0v) is 15.4. The molecule has 3 rings (SSSR count). The maximum atomic E-state index is 12.5. The number of rotatable bonds is 6. The number of carbonyl (C=O) groups is 1. The number of amides is 1. The molecule has 1 amide bonds. The molecule has 0 saturated carbocycles. The van der Waals surface area contributed by atoms with Crippen LogP contribution in [-0.2, 0) is 6.61 Å². The zero-order valence-electron chi connectivity index (χ0n) is 13.8. The van der Waals surface area contributed by atoms with Crippen LogP contribution in [0.4, 0.5) is 0 Å². The van der Waals surface area contributed by atoms with Crippen LogP contribution >= 0.6 is 15.9 Å². The molecule has 0 aliphatic carbocycles. The highest BCUT2D eigenvalue weighted by Gasteiger charge is 2.13. The van der Waals surface area contributed by atoms with E-state index < -0.39 is 0 Å². The molecule has 0 aliphatic heterocycles. The van der Waals surface area contributed by atoms with Crippen LogP contribution in [0.3, 0.4) is 0 Å². The molecule has 0 atom stereocenters. The van der Waals surface area contributed by atoms with Crippen LogP contribution in [0.15, 0.2) is 82.6 Å². The summed E-state index contributed by atoms with van der Waals surface area (Å²) >= 11 is 3.38. The highest BCUT2D eigenvalue weighted by molar-refractivity contribution is 9.10. The molecule has 6 heteroatoms. The molecule has 1 aromatic heterocycles. The molecule has 0 spiro atoms. The number of hydrogen-bond donors (Lipinski definition) is 1. The third kappa shape index (κ3) is 5.00. The lowest BCUT2D eigenvalue weighted by Crippen LogP contribution is -2.18. The molecule has 2 aromatic carbocycles. The summed E-state index contributed by atoms with van der Waals surface area (Å²) in [4.78, 5) is 16.4. The number of nitrogens with one attached hydrogen (secondary N) is 1. The van der Waals surface area contributed by atoms with Crippen molar-refractivity contribution in [3.8, 4) is 5.75 Å². The largest absolute Gasteiger partial charge is 0.488 e. The van der Waals surface area contributed by atoms with Crippen molar-refractivity contribution in [1.82, 2.24) is 10.4 Å². The summed E-state index contributed by atoms with van der Waals surface area (Å²) in [5.41, 5.74) is 4.80. The molecule has 0 radical (unpaired) electrons. The SMILES string of the molecule is O=C(NN=Cc1ccncc1)c1cc(Br)ccc1OCc1ccccc1. The first-order chi connectivity index (χ1) is 12.7. The second-order valence-corrected chi connectivity index (χ2v) is 6.31. The number of hydrogen-bond acceptors (Lipinski definition) is 4. The Hall–Kier alpha value is -2.99. The van der Waals surface area contributed by atoms with Crippen LogP contribution in [0, 0.1) is 0 Å². The quantitative estimate of drug-likeness (QED) is 0.490. The Morgan fingerprint density at radius 3 is 2.65 bits per heavy atom. The van der Waals surface area contributed by atoms with Crippen LogP contribution < -0.4 is 10.2 Å². The fourth-order valence-electron chi connectivity index (χ4n) is 2.22. The summed E-state index contributed by atoms with van der Waals surface area (Å²) in [7, 11) is 0. The smallest absolute Gasteiger partial charge is 0.275 e. The molecule has 3 aromatic rings. The molecule has 0 fully saturated rings. The summed E-state index contributed by atoms with van der Waals surface area (Å²) in [6.07, 6.45) is 4.88. The first-order valence-electron chi connectivity index (χ1n) is 7.92. The van der Waals surface area contributed by atoms with E-state index in [1.54, 1.807) is 42.9 Å².